The van der Waals surface area contributed by atoms with E-state index in [4.69, 9.17) is 0 Å². The molecule has 5 nitrogen and oxygen atoms in total. The van der Waals surface area contributed by atoms with Crippen molar-refractivity contribution in [2.24, 2.45) is 7.05 Å². The van der Waals surface area contributed by atoms with Gasteiger partial charge in [-0.3, -0.25) is 0 Å². The smallest absolute Gasteiger partial charge is 0.340 e. The highest BCUT2D eigenvalue weighted by molar-refractivity contribution is 5.77. The molecule has 3 aromatic heterocycles. The van der Waals surface area contributed by atoms with Gasteiger partial charge in [0.1, 0.15) is 0 Å². The molecule has 0 amide bonds. The first-order chi connectivity index (χ1) is 17.2. The van der Waals surface area contributed by atoms with Gasteiger partial charge in [-0.25, -0.2) is 14.5 Å². The fourth-order valence-corrected chi connectivity index (χ4v) is 4.74. The number of nitrogens with zero attached hydrogens (tertiary/aromatic N) is 5. The number of aryl methyl sites for hydroxylation is 2. The van der Waals surface area contributed by atoms with Gasteiger partial charge in [0, 0.05) is 30.4 Å². The van der Waals surface area contributed by atoms with E-state index in [9.17, 15) is 13.2 Å². The predicted octanol–water partition coefficient (Wildman–Crippen LogP) is 6.28. The number of hydrogen-bond acceptors (Lipinski definition) is 3. The molecule has 0 bridgehead atoms. The Kier molecular flexibility index (Phi) is 6.12. The fraction of sp³-hybridized carbons (Fsp3) is 0.250. The zero-order chi connectivity index (χ0) is 25.3. The second-order valence-electron chi connectivity index (χ2n) is 9.45. The molecule has 0 aliphatic heterocycles. The van der Waals surface area contributed by atoms with Crippen molar-refractivity contribution in [3.8, 4) is 11.1 Å². The topological polar surface area (TPSA) is 48.0 Å². The summed E-state index contributed by atoms with van der Waals surface area (Å²) in [7, 11) is 1.96. The molecule has 0 saturated carbocycles. The Balaban J connectivity index is 1.55. The van der Waals surface area contributed by atoms with Crippen LogP contribution in [-0.2, 0) is 31.5 Å². The highest BCUT2D eigenvalue weighted by Gasteiger charge is 2.32. The lowest BCUT2D eigenvalue weighted by atomic mass is 9.76. The van der Waals surface area contributed by atoms with Gasteiger partial charge in [-0.1, -0.05) is 49.4 Å². The van der Waals surface area contributed by atoms with E-state index in [1.807, 2.05) is 46.6 Å². The number of imidazole rings is 1. The molecule has 184 valence electrons. The second-order valence-corrected chi connectivity index (χ2v) is 9.45. The lowest BCUT2D eigenvalue weighted by Crippen LogP contribution is -2.29. The van der Waals surface area contributed by atoms with Crippen molar-refractivity contribution in [1.82, 2.24) is 24.1 Å². The predicted molar refractivity (Wildman–Crippen MR) is 132 cm³/mol. The van der Waals surface area contributed by atoms with E-state index in [1.165, 1.54) is 17.7 Å². The summed E-state index contributed by atoms with van der Waals surface area (Å²) >= 11 is 0. The number of alkyl halides is 3. The highest BCUT2D eigenvalue weighted by atomic mass is 19.4. The minimum absolute atomic E-state index is 0.302. The summed E-state index contributed by atoms with van der Waals surface area (Å²) in [6.45, 7) is 2.22. The number of halogens is 3. The lowest BCUT2D eigenvalue weighted by molar-refractivity contribution is -0.137. The van der Waals surface area contributed by atoms with Crippen LogP contribution in [0.15, 0.2) is 85.6 Å². The Labute approximate surface area is 207 Å². The maximum absolute atomic E-state index is 13.0. The van der Waals surface area contributed by atoms with Crippen molar-refractivity contribution < 1.29 is 13.2 Å². The van der Waals surface area contributed by atoms with Crippen LogP contribution in [0.25, 0.3) is 16.8 Å². The molecule has 3 heterocycles. The van der Waals surface area contributed by atoms with Crippen molar-refractivity contribution in [3.63, 3.8) is 0 Å². The van der Waals surface area contributed by atoms with Crippen LogP contribution in [0, 0.1) is 0 Å². The van der Waals surface area contributed by atoms with Crippen LogP contribution in [0.1, 0.15) is 35.9 Å². The third-order valence-corrected chi connectivity index (χ3v) is 6.67. The fourth-order valence-electron chi connectivity index (χ4n) is 4.74. The van der Waals surface area contributed by atoms with Crippen molar-refractivity contribution in [3.05, 3.63) is 108 Å². The molecular weight excluding hydrogens is 463 g/mol. The highest BCUT2D eigenvalue weighted by Crippen LogP contribution is 2.36. The molecule has 8 heteroatoms. The van der Waals surface area contributed by atoms with E-state index in [2.05, 4.69) is 34.1 Å². The maximum atomic E-state index is 13.0. The molecule has 2 aromatic carbocycles. The normalized spacial score (nSPS) is 13.7. The second kappa shape index (κ2) is 9.26. The first kappa shape index (κ1) is 23.8. The number of aromatic nitrogens is 5. The molecule has 0 spiro atoms. The zero-order valence-electron chi connectivity index (χ0n) is 20.1. The third kappa shape index (κ3) is 4.76. The summed E-state index contributed by atoms with van der Waals surface area (Å²) in [6, 6.07) is 17.4. The number of hydrogen-bond donors (Lipinski definition) is 0. The molecule has 1 unspecified atom stereocenters. The molecule has 5 rings (SSSR count). The Hall–Kier alpha value is -3.94. The van der Waals surface area contributed by atoms with Crippen LogP contribution in [0.4, 0.5) is 13.2 Å². The first-order valence-electron chi connectivity index (χ1n) is 11.7. The van der Waals surface area contributed by atoms with E-state index in [-0.39, 0.29) is 5.41 Å². The first-order valence-corrected chi connectivity index (χ1v) is 11.7. The van der Waals surface area contributed by atoms with Crippen LogP contribution in [-0.4, -0.2) is 24.1 Å². The van der Waals surface area contributed by atoms with E-state index >= 15 is 0 Å². The van der Waals surface area contributed by atoms with Gasteiger partial charge in [-0.15, -0.1) is 0 Å². The number of benzene rings is 2. The van der Waals surface area contributed by atoms with E-state index in [0.717, 1.165) is 42.8 Å². The summed E-state index contributed by atoms with van der Waals surface area (Å²) in [5, 5.41) is 4.65. The van der Waals surface area contributed by atoms with Crippen LogP contribution in [0.5, 0.6) is 0 Å². The molecule has 0 saturated heterocycles. The molecule has 36 heavy (non-hydrogen) atoms. The maximum Gasteiger partial charge on any atom is 0.416 e. The molecule has 5 aromatic rings. The lowest BCUT2D eigenvalue weighted by Gasteiger charge is -2.30. The third-order valence-electron chi connectivity index (χ3n) is 6.67. The largest absolute Gasteiger partial charge is 0.416 e. The van der Waals surface area contributed by atoms with Gasteiger partial charge >= 0.3 is 6.18 Å². The molecule has 0 fully saturated rings. The van der Waals surface area contributed by atoms with Gasteiger partial charge in [-0.2, -0.15) is 18.3 Å². The zero-order valence-corrected chi connectivity index (χ0v) is 20.1. The van der Waals surface area contributed by atoms with Crippen LogP contribution in [0.3, 0.4) is 0 Å². The molecule has 0 radical (unpaired) electrons. The van der Waals surface area contributed by atoms with E-state index in [1.54, 1.807) is 18.7 Å². The van der Waals surface area contributed by atoms with Crippen LogP contribution in [0.2, 0.25) is 0 Å². The standard InChI is InChI=1S/C28H26F3N5/c1-27(16-20-6-4-3-5-7-20,14-12-23-18-35(2)19-33-23)25-13-15-32-26-24(17-34-36(25)26)21-8-10-22(11-9-21)28(29,30)31/h3-11,13,15,17-19H,12,14,16H2,1-2H3. The summed E-state index contributed by atoms with van der Waals surface area (Å²) in [4.78, 5) is 9.05. The minimum Gasteiger partial charge on any atom is -0.340 e. The SMILES string of the molecule is Cn1cnc(CCC(C)(Cc2ccccc2)c2ccnc3c(-c4ccc(C(F)(F)F)cc4)cnn23)c1. The van der Waals surface area contributed by atoms with Gasteiger partial charge < -0.3 is 4.57 Å². The molecule has 0 aliphatic carbocycles. The Bertz CT molecular complexity index is 1470. The van der Waals surface area contributed by atoms with E-state index < -0.39 is 11.7 Å². The van der Waals surface area contributed by atoms with Gasteiger partial charge in [-0.05, 0) is 48.6 Å². The number of fused-ring (bicyclic) bond motifs is 1. The minimum atomic E-state index is -4.38. The molecule has 0 N–H and O–H groups in total. The quantitative estimate of drug-likeness (QED) is 0.270. The van der Waals surface area contributed by atoms with Gasteiger partial charge in [0.15, 0.2) is 5.65 Å². The number of rotatable bonds is 7. The summed E-state index contributed by atoms with van der Waals surface area (Å²) in [5.41, 5.74) is 4.19. The summed E-state index contributed by atoms with van der Waals surface area (Å²) in [5.74, 6) is 0. The van der Waals surface area contributed by atoms with Gasteiger partial charge in [0.05, 0.1) is 29.5 Å². The molecule has 0 aliphatic rings. The van der Waals surface area contributed by atoms with Crippen molar-refractivity contribution in [2.75, 3.05) is 0 Å². The Morgan fingerprint density at radius 3 is 2.33 bits per heavy atom. The van der Waals surface area contributed by atoms with Crippen molar-refractivity contribution in [2.45, 2.75) is 37.8 Å². The van der Waals surface area contributed by atoms with Crippen LogP contribution >= 0.6 is 0 Å². The van der Waals surface area contributed by atoms with E-state index in [0.29, 0.717) is 16.8 Å². The van der Waals surface area contributed by atoms with Crippen LogP contribution < -0.4 is 0 Å². The summed E-state index contributed by atoms with van der Waals surface area (Å²) in [6.07, 6.45) is 5.29. The van der Waals surface area contributed by atoms with Gasteiger partial charge in [0.25, 0.3) is 0 Å². The molecule has 1 atom stereocenters. The Morgan fingerprint density at radius 1 is 0.917 bits per heavy atom. The van der Waals surface area contributed by atoms with Crippen molar-refractivity contribution in [1.29, 1.82) is 0 Å². The van der Waals surface area contributed by atoms with Crippen molar-refractivity contribution >= 4 is 5.65 Å². The summed E-state index contributed by atoms with van der Waals surface area (Å²) < 4.78 is 42.9. The molecular formula is C28H26F3N5. The Morgan fingerprint density at radius 2 is 1.67 bits per heavy atom. The van der Waals surface area contributed by atoms with Gasteiger partial charge in [0.2, 0.25) is 0 Å². The average molecular weight is 490 g/mol. The monoisotopic (exact) mass is 489 g/mol. The average Bonchev–Trinajstić information content (AvgIpc) is 3.49.